The van der Waals surface area contributed by atoms with Crippen LogP contribution in [0.15, 0.2) is 36.5 Å². The normalized spacial score (nSPS) is 13.3. The number of fused-ring (bicyclic) bond motifs is 4. The Labute approximate surface area is 109 Å². The van der Waals surface area contributed by atoms with Crippen LogP contribution in [0, 0.1) is 0 Å². The van der Waals surface area contributed by atoms with Crippen LogP contribution in [0.5, 0.6) is 17.2 Å². The summed E-state index contributed by atoms with van der Waals surface area (Å²) in [4.78, 5) is 0. The average molecular weight is 254 g/mol. The molecule has 3 aromatic rings. The molecule has 1 N–H and O–H groups in total. The maximum absolute atomic E-state index is 9.71. The second kappa shape index (κ2) is 3.51. The summed E-state index contributed by atoms with van der Waals surface area (Å²) in [6.07, 6.45) is 2.05. The van der Waals surface area contributed by atoms with E-state index >= 15 is 0 Å². The van der Waals surface area contributed by atoms with Gasteiger partial charge in [0.1, 0.15) is 12.8 Å². The lowest BCUT2D eigenvalue weighted by atomic mass is 10.1. The minimum Gasteiger partial charge on any atom is -0.508 e. The number of phenolic OH excluding ortho intramolecular Hbond substituents is 1. The molecule has 94 valence electrons. The van der Waals surface area contributed by atoms with E-state index in [2.05, 4.69) is 6.20 Å². The predicted octanol–water partition coefficient (Wildman–Crippen LogP) is 2.25. The van der Waals surface area contributed by atoms with Gasteiger partial charge >= 0.3 is 0 Å². The molecule has 0 atom stereocenters. The lowest BCUT2D eigenvalue weighted by Crippen LogP contribution is -2.28. The van der Waals surface area contributed by atoms with Crippen LogP contribution in [0.4, 0.5) is 0 Å². The van der Waals surface area contributed by atoms with E-state index in [4.69, 9.17) is 9.47 Å². The number of aryl methyl sites for hydroxylation is 1. The fourth-order valence-corrected chi connectivity index (χ4v) is 2.62. The van der Waals surface area contributed by atoms with Gasteiger partial charge in [-0.05, 0) is 24.3 Å². The van der Waals surface area contributed by atoms with Gasteiger partial charge in [0.15, 0.2) is 17.7 Å². The number of pyridine rings is 1. The molecule has 19 heavy (non-hydrogen) atoms. The molecule has 0 bridgehead atoms. The fraction of sp³-hybridized carbons (Fsp3) is 0.133. The van der Waals surface area contributed by atoms with Crippen molar-refractivity contribution in [3.05, 3.63) is 36.5 Å². The zero-order valence-electron chi connectivity index (χ0n) is 10.4. The molecule has 0 saturated carbocycles. The van der Waals surface area contributed by atoms with E-state index in [0.717, 1.165) is 33.2 Å². The van der Waals surface area contributed by atoms with Crippen LogP contribution in [-0.2, 0) is 7.05 Å². The van der Waals surface area contributed by atoms with Crippen LogP contribution in [0.25, 0.3) is 21.7 Å². The number of nitrogens with zero attached hydrogens (tertiary/aromatic N) is 1. The van der Waals surface area contributed by atoms with Gasteiger partial charge in [-0.25, -0.2) is 4.57 Å². The van der Waals surface area contributed by atoms with Crippen LogP contribution in [-0.4, -0.2) is 11.9 Å². The Bertz CT molecular complexity index is 827. The van der Waals surface area contributed by atoms with Crippen LogP contribution < -0.4 is 14.0 Å². The highest BCUT2D eigenvalue weighted by atomic mass is 16.7. The number of phenols is 1. The SMILES string of the molecule is C[n+]1cc2cc3c(cc2c2cc(O)ccc21)OCO3. The Morgan fingerprint density at radius 1 is 1.05 bits per heavy atom. The van der Waals surface area contributed by atoms with Crippen molar-refractivity contribution in [2.45, 2.75) is 0 Å². The molecule has 0 fully saturated rings. The molecular weight excluding hydrogens is 242 g/mol. The maximum Gasteiger partial charge on any atom is 0.231 e. The van der Waals surface area contributed by atoms with Gasteiger partial charge in [-0.1, -0.05) is 0 Å². The highest BCUT2D eigenvalue weighted by molar-refractivity contribution is 6.05. The largest absolute Gasteiger partial charge is 0.508 e. The van der Waals surface area contributed by atoms with Gasteiger partial charge in [0.05, 0.1) is 10.8 Å². The van der Waals surface area contributed by atoms with E-state index in [1.807, 2.05) is 29.8 Å². The average Bonchev–Trinajstić information content (AvgIpc) is 2.84. The van der Waals surface area contributed by atoms with Crippen LogP contribution >= 0.6 is 0 Å². The van der Waals surface area contributed by atoms with Crippen molar-refractivity contribution in [1.82, 2.24) is 0 Å². The van der Waals surface area contributed by atoms with Gasteiger partial charge in [-0.3, -0.25) is 0 Å². The second-order valence-electron chi connectivity index (χ2n) is 4.73. The highest BCUT2D eigenvalue weighted by Crippen LogP contribution is 2.38. The van der Waals surface area contributed by atoms with Gasteiger partial charge in [-0.2, -0.15) is 0 Å². The summed E-state index contributed by atoms with van der Waals surface area (Å²) >= 11 is 0. The van der Waals surface area contributed by atoms with Gasteiger partial charge in [-0.15, -0.1) is 0 Å². The Morgan fingerprint density at radius 2 is 1.84 bits per heavy atom. The summed E-state index contributed by atoms with van der Waals surface area (Å²) in [5.41, 5.74) is 1.06. The van der Waals surface area contributed by atoms with Gasteiger partial charge in [0, 0.05) is 11.5 Å². The van der Waals surface area contributed by atoms with Gasteiger partial charge in [0.25, 0.3) is 0 Å². The number of aromatic hydroxyl groups is 1. The third-order valence-corrected chi connectivity index (χ3v) is 3.53. The van der Waals surface area contributed by atoms with Crippen molar-refractivity contribution in [2.24, 2.45) is 7.05 Å². The Balaban J connectivity index is 2.20. The first-order valence-electron chi connectivity index (χ1n) is 6.07. The van der Waals surface area contributed by atoms with E-state index < -0.39 is 0 Å². The Kier molecular flexibility index (Phi) is 1.93. The molecule has 1 aromatic heterocycles. The van der Waals surface area contributed by atoms with E-state index in [1.54, 1.807) is 12.1 Å². The molecule has 0 radical (unpaired) electrons. The summed E-state index contributed by atoms with van der Waals surface area (Å²) in [6.45, 7) is 0.265. The first-order valence-corrected chi connectivity index (χ1v) is 6.07. The third-order valence-electron chi connectivity index (χ3n) is 3.53. The maximum atomic E-state index is 9.71. The quantitative estimate of drug-likeness (QED) is 0.494. The lowest BCUT2D eigenvalue weighted by Gasteiger charge is -2.04. The number of hydrogen-bond donors (Lipinski definition) is 1. The van der Waals surface area contributed by atoms with Crippen LogP contribution in [0.1, 0.15) is 0 Å². The molecule has 2 heterocycles. The summed E-state index contributed by atoms with van der Waals surface area (Å²) in [5.74, 6) is 1.79. The molecule has 0 unspecified atom stereocenters. The number of benzene rings is 2. The second-order valence-corrected chi connectivity index (χ2v) is 4.73. The molecule has 4 nitrogen and oxygen atoms in total. The summed E-state index contributed by atoms with van der Waals surface area (Å²) in [5, 5.41) is 12.8. The lowest BCUT2D eigenvalue weighted by molar-refractivity contribution is -0.643. The van der Waals surface area contributed by atoms with Crippen LogP contribution in [0.3, 0.4) is 0 Å². The van der Waals surface area contributed by atoms with Crippen molar-refractivity contribution >= 4 is 21.7 Å². The van der Waals surface area contributed by atoms with E-state index in [1.165, 1.54) is 0 Å². The molecule has 4 rings (SSSR count). The molecule has 2 aromatic carbocycles. The first-order chi connectivity index (χ1) is 9.22. The molecule has 0 aliphatic carbocycles. The number of aromatic nitrogens is 1. The molecule has 4 heteroatoms. The fourth-order valence-electron chi connectivity index (χ4n) is 2.62. The first kappa shape index (κ1) is 10.4. The van der Waals surface area contributed by atoms with Gasteiger partial charge < -0.3 is 14.6 Å². The monoisotopic (exact) mass is 254 g/mol. The Morgan fingerprint density at radius 3 is 2.68 bits per heavy atom. The minimum absolute atomic E-state index is 0.262. The number of rotatable bonds is 0. The molecule has 0 spiro atoms. The minimum atomic E-state index is 0.262. The predicted molar refractivity (Wildman–Crippen MR) is 70.4 cm³/mol. The highest BCUT2D eigenvalue weighted by Gasteiger charge is 2.18. The van der Waals surface area contributed by atoms with Crippen LogP contribution in [0.2, 0.25) is 0 Å². The standard InChI is InChI=1S/C15H11NO3/c1-16-7-9-4-14-15(19-8-18-14)6-11(9)12-5-10(17)2-3-13(12)16/h2-7H,8H2,1H3/p+1. The molecule has 1 aliphatic rings. The third kappa shape index (κ3) is 1.43. The molecule has 0 saturated heterocycles. The van der Waals surface area contributed by atoms with E-state index in [9.17, 15) is 5.11 Å². The molecular formula is C15H12NO3+. The van der Waals surface area contributed by atoms with Crippen molar-refractivity contribution < 1.29 is 19.1 Å². The summed E-state index contributed by atoms with van der Waals surface area (Å²) in [7, 11) is 1.99. The van der Waals surface area contributed by atoms with Crippen molar-refractivity contribution in [3.63, 3.8) is 0 Å². The number of hydrogen-bond acceptors (Lipinski definition) is 3. The van der Waals surface area contributed by atoms with Gasteiger partial charge in [0.2, 0.25) is 12.3 Å². The summed E-state index contributed by atoms with van der Waals surface area (Å²) < 4.78 is 12.9. The Hall–Kier alpha value is -2.49. The summed E-state index contributed by atoms with van der Waals surface area (Å²) in [6, 6.07) is 9.33. The zero-order valence-corrected chi connectivity index (χ0v) is 10.4. The molecule has 1 aliphatic heterocycles. The molecule has 0 amide bonds. The van der Waals surface area contributed by atoms with Crippen molar-refractivity contribution in [1.29, 1.82) is 0 Å². The van der Waals surface area contributed by atoms with Crippen molar-refractivity contribution in [3.8, 4) is 17.2 Å². The zero-order chi connectivity index (χ0) is 13.0. The van der Waals surface area contributed by atoms with E-state index in [-0.39, 0.29) is 12.5 Å². The smallest absolute Gasteiger partial charge is 0.231 e. The number of ether oxygens (including phenoxy) is 2. The topological polar surface area (TPSA) is 42.6 Å². The van der Waals surface area contributed by atoms with Crippen molar-refractivity contribution in [2.75, 3.05) is 6.79 Å². The van der Waals surface area contributed by atoms with E-state index in [0.29, 0.717) is 0 Å².